The van der Waals surface area contributed by atoms with Gasteiger partial charge in [0.1, 0.15) is 0 Å². The Morgan fingerprint density at radius 1 is 1.18 bits per heavy atom. The summed E-state index contributed by atoms with van der Waals surface area (Å²) >= 11 is 0. The fourth-order valence-corrected chi connectivity index (χ4v) is 2.25. The number of carbonyl (C=O) groups is 2. The van der Waals surface area contributed by atoms with Crippen molar-refractivity contribution < 1.29 is 18.4 Å². The minimum absolute atomic E-state index is 0.0352. The highest BCUT2D eigenvalue weighted by Crippen LogP contribution is 2.47. The van der Waals surface area contributed by atoms with E-state index in [0.717, 1.165) is 11.0 Å². The first-order valence-electron chi connectivity index (χ1n) is 5.37. The number of halogens is 2. The van der Waals surface area contributed by atoms with Gasteiger partial charge in [0, 0.05) is 5.56 Å². The Kier molecular flexibility index (Phi) is 2.05. The molecule has 1 saturated carbocycles. The summed E-state index contributed by atoms with van der Waals surface area (Å²) in [6.07, 6.45) is 0.611. The molecule has 17 heavy (non-hydrogen) atoms. The number of benzene rings is 1. The molecule has 3 nitrogen and oxygen atoms in total. The highest BCUT2D eigenvalue weighted by molar-refractivity contribution is 6.08. The fourth-order valence-electron chi connectivity index (χ4n) is 2.25. The summed E-state index contributed by atoms with van der Waals surface area (Å²) in [4.78, 5) is 24.3. The van der Waals surface area contributed by atoms with E-state index in [1.54, 1.807) is 0 Å². The Morgan fingerprint density at radius 3 is 2.47 bits per heavy atom. The number of hydrogen-bond acceptors (Lipinski definition) is 2. The van der Waals surface area contributed by atoms with E-state index >= 15 is 0 Å². The Bertz CT molecular complexity index is 509. The molecule has 0 aromatic heterocycles. The highest BCUT2D eigenvalue weighted by Gasteiger charge is 2.58. The molecular weight excluding hydrogens is 228 g/mol. The van der Waals surface area contributed by atoms with Crippen LogP contribution in [0.5, 0.6) is 0 Å². The lowest BCUT2D eigenvalue weighted by atomic mass is 10.2. The molecule has 1 aromatic rings. The second-order valence-electron chi connectivity index (χ2n) is 4.42. The minimum atomic E-state index is -0.992. The van der Waals surface area contributed by atoms with E-state index in [4.69, 9.17) is 0 Å². The Labute approximate surface area is 96.0 Å². The number of nitrogens with zero attached hydrogens (tertiary/aromatic N) is 1. The van der Waals surface area contributed by atoms with Crippen molar-refractivity contribution in [2.75, 3.05) is 0 Å². The first kappa shape index (κ1) is 10.4. The number of amides is 2. The fraction of sp³-hybridized carbons (Fsp3) is 0.333. The molecule has 0 N–H and O–H groups in total. The van der Waals surface area contributed by atoms with Gasteiger partial charge in [0.05, 0.1) is 18.4 Å². The standard InChI is InChI=1S/C12H9F2NO2/c13-9-3-1-2-6(10(9)14)5-15-11(16)7-4-8(7)12(15)17/h1-3,7-8H,4-5H2. The zero-order valence-corrected chi connectivity index (χ0v) is 8.82. The minimum Gasteiger partial charge on any atom is -0.278 e. The van der Waals surface area contributed by atoms with Crippen molar-refractivity contribution in [3.05, 3.63) is 35.4 Å². The summed E-state index contributed by atoms with van der Waals surface area (Å²) in [6.45, 7) is -0.172. The molecule has 0 spiro atoms. The van der Waals surface area contributed by atoms with Crippen LogP contribution in [0.4, 0.5) is 8.78 Å². The van der Waals surface area contributed by atoms with E-state index in [2.05, 4.69) is 0 Å². The van der Waals surface area contributed by atoms with Crippen molar-refractivity contribution >= 4 is 11.8 Å². The average Bonchev–Trinajstić information content (AvgIpc) is 3.05. The molecule has 0 bridgehead atoms. The summed E-state index contributed by atoms with van der Waals surface area (Å²) in [7, 11) is 0. The lowest BCUT2D eigenvalue weighted by Crippen LogP contribution is -2.32. The van der Waals surface area contributed by atoms with Crippen LogP contribution >= 0.6 is 0 Å². The van der Waals surface area contributed by atoms with Crippen molar-refractivity contribution in [3.63, 3.8) is 0 Å². The zero-order valence-electron chi connectivity index (χ0n) is 8.82. The molecule has 3 rings (SSSR count). The third-order valence-corrected chi connectivity index (χ3v) is 3.32. The lowest BCUT2D eigenvalue weighted by molar-refractivity contribution is -0.142. The first-order chi connectivity index (χ1) is 8.09. The van der Waals surface area contributed by atoms with Gasteiger partial charge in [-0.15, -0.1) is 0 Å². The summed E-state index contributed by atoms with van der Waals surface area (Å²) in [5.41, 5.74) is 0.0352. The van der Waals surface area contributed by atoms with Crippen LogP contribution < -0.4 is 0 Å². The van der Waals surface area contributed by atoms with E-state index in [-0.39, 0.29) is 35.8 Å². The predicted molar refractivity (Wildman–Crippen MR) is 53.5 cm³/mol. The molecule has 2 unspecified atom stereocenters. The first-order valence-corrected chi connectivity index (χ1v) is 5.37. The summed E-state index contributed by atoms with van der Waals surface area (Å²) in [5, 5.41) is 0. The normalized spacial score (nSPS) is 26.4. The highest BCUT2D eigenvalue weighted by atomic mass is 19.2. The molecule has 0 radical (unpaired) electrons. The van der Waals surface area contributed by atoms with E-state index < -0.39 is 11.6 Å². The average molecular weight is 237 g/mol. The van der Waals surface area contributed by atoms with Crippen LogP contribution in [0, 0.1) is 23.5 Å². The number of rotatable bonds is 2. The monoisotopic (exact) mass is 237 g/mol. The van der Waals surface area contributed by atoms with Crippen LogP contribution in [0.3, 0.4) is 0 Å². The quantitative estimate of drug-likeness (QED) is 0.730. The van der Waals surface area contributed by atoms with E-state index in [9.17, 15) is 18.4 Å². The molecule has 1 aromatic carbocycles. The van der Waals surface area contributed by atoms with Crippen molar-refractivity contribution in [1.82, 2.24) is 4.90 Å². The van der Waals surface area contributed by atoms with E-state index in [1.165, 1.54) is 12.1 Å². The maximum atomic E-state index is 13.4. The summed E-state index contributed by atoms with van der Waals surface area (Å²) < 4.78 is 26.4. The maximum absolute atomic E-state index is 13.4. The van der Waals surface area contributed by atoms with Crippen LogP contribution in [0.1, 0.15) is 12.0 Å². The van der Waals surface area contributed by atoms with Crippen LogP contribution in [0.2, 0.25) is 0 Å². The molecule has 2 aliphatic rings. The van der Waals surface area contributed by atoms with Gasteiger partial charge >= 0.3 is 0 Å². The lowest BCUT2D eigenvalue weighted by Gasteiger charge is -2.16. The van der Waals surface area contributed by atoms with Gasteiger partial charge in [0.2, 0.25) is 11.8 Å². The summed E-state index contributed by atoms with van der Waals surface area (Å²) in [6, 6.07) is 3.74. The van der Waals surface area contributed by atoms with Crippen molar-refractivity contribution in [3.8, 4) is 0 Å². The van der Waals surface area contributed by atoms with Gasteiger partial charge in [0.15, 0.2) is 11.6 Å². The van der Waals surface area contributed by atoms with Crippen molar-refractivity contribution in [2.24, 2.45) is 11.8 Å². The zero-order chi connectivity index (χ0) is 12.2. The van der Waals surface area contributed by atoms with Crippen LogP contribution in [-0.4, -0.2) is 16.7 Å². The van der Waals surface area contributed by atoms with Gasteiger partial charge in [-0.2, -0.15) is 0 Å². The van der Waals surface area contributed by atoms with Crippen LogP contribution in [0.25, 0.3) is 0 Å². The Hall–Kier alpha value is -1.78. The van der Waals surface area contributed by atoms with Crippen LogP contribution in [-0.2, 0) is 16.1 Å². The predicted octanol–water partition coefficient (Wildman–Crippen LogP) is 1.47. The SMILES string of the molecule is O=C1C2CC2C(=O)N1Cc1cccc(F)c1F. The van der Waals surface area contributed by atoms with Gasteiger partial charge in [-0.05, 0) is 12.5 Å². The molecular formula is C12H9F2NO2. The number of likely N-dealkylation sites (tertiary alicyclic amines) is 1. The molecule has 2 fully saturated rings. The molecule has 1 aliphatic heterocycles. The van der Waals surface area contributed by atoms with Crippen molar-refractivity contribution in [2.45, 2.75) is 13.0 Å². The van der Waals surface area contributed by atoms with Crippen molar-refractivity contribution in [1.29, 1.82) is 0 Å². The van der Waals surface area contributed by atoms with Crippen LogP contribution in [0.15, 0.2) is 18.2 Å². The van der Waals surface area contributed by atoms with Gasteiger partial charge in [-0.1, -0.05) is 12.1 Å². The van der Waals surface area contributed by atoms with Gasteiger partial charge < -0.3 is 0 Å². The second-order valence-corrected chi connectivity index (χ2v) is 4.42. The third-order valence-electron chi connectivity index (χ3n) is 3.32. The molecule has 2 amide bonds. The van der Waals surface area contributed by atoms with Gasteiger partial charge in [0.25, 0.3) is 0 Å². The van der Waals surface area contributed by atoms with E-state index in [1.807, 2.05) is 0 Å². The number of piperidine rings is 1. The third kappa shape index (κ3) is 1.45. The van der Waals surface area contributed by atoms with Gasteiger partial charge in [-0.25, -0.2) is 8.78 Å². The smallest absolute Gasteiger partial charge is 0.233 e. The number of fused-ring (bicyclic) bond motifs is 1. The number of carbonyl (C=O) groups excluding carboxylic acids is 2. The Balaban J connectivity index is 1.86. The second kappa shape index (κ2) is 3.35. The topological polar surface area (TPSA) is 37.4 Å². The molecule has 5 heteroatoms. The van der Waals surface area contributed by atoms with Gasteiger partial charge in [-0.3, -0.25) is 14.5 Å². The maximum Gasteiger partial charge on any atom is 0.233 e. The molecule has 1 heterocycles. The molecule has 1 aliphatic carbocycles. The number of imide groups is 1. The molecule has 2 atom stereocenters. The summed E-state index contributed by atoms with van der Waals surface area (Å²) in [5.74, 6) is -2.90. The van der Waals surface area contributed by atoms with E-state index in [0.29, 0.717) is 6.42 Å². The largest absolute Gasteiger partial charge is 0.278 e. The molecule has 88 valence electrons. The Morgan fingerprint density at radius 2 is 1.82 bits per heavy atom. The molecule has 1 saturated heterocycles. The number of hydrogen-bond donors (Lipinski definition) is 0.